The van der Waals surface area contributed by atoms with Crippen LogP contribution in [0.2, 0.25) is 0 Å². The van der Waals surface area contributed by atoms with Crippen molar-refractivity contribution in [1.82, 2.24) is 4.98 Å². The maximum Gasteiger partial charge on any atom is 0.259 e. The number of hydrogen-bond acceptors (Lipinski definition) is 5. The van der Waals surface area contributed by atoms with Crippen molar-refractivity contribution >= 4 is 37.9 Å². The summed E-state index contributed by atoms with van der Waals surface area (Å²) < 4.78 is 17.1. The quantitative estimate of drug-likeness (QED) is 0.261. The van der Waals surface area contributed by atoms with Gasteiger partial charge in [-0.2, -0.15) is 0 Å². The average Bonchev–Trinajstić information content (AvgIpc) is 3.35. The van der Waals surface area contributed by atoms with Gasteiger partial charge in [-0.3, -0.25) is 4.79 Å². The van der Waals surface area contributed by atoms with E-state index in [0.29, 0.717) is 4.88 Å². The molecule has 0 radical (unpaired) electrons. The summed E-state index contributed by atoms with van der Waals surface area (Å²) in [6.07, 6.45) is 1.42. The van der Waals surface area contributed by atoms with Crippen LogP contribution in [0.15, 0.2) is 69.5 Å². The Labute approximate surface area is 229 Å². The molecule has 1 unspecified atom stereocenters. The van der Waals surface area contributed by atoms with Crippen LogP contribution in [-0.4, -0.2) is 20.2 Å². The maximum absolute atomic E-state index is 13.2. The molecule has 0 bridgehead atoms. The molecule has 0 saturated heterocycles. The highest BCUT2D eigenvalue weighted by molar-refractivity contribution is 7.93. The van der Waals surface area contributed by atoms with Gasteiger partial charge in [0.2, 0.25) is 4.34 Å². The Balaban J connectivity index is 1.75. The number of aromatic nitrogens is 1. The molecule has 4 aromatic rings. The van der Waals surface area contributed by atoms with Gasteiger partial charge in [0.25, 0.3) is 5.91 Å². The van der Waals surface area contributed by atoms with Gasteiger partial charge >= 0.3 is 0 Å². The zero-order valence-electron chi connectivity index (χ0n) is 22.7. The van der Waals surface area contributed by atoms with Gasteiger partial charge in [0.15, 0.2) is 9.92 Å². The second-order valence-corrected chi connectivity index (χ2v) is 13.8. The predicted molar refractivity (Wildman–Crippen MR) is 157 cm³/mol. The molecule has 0 aliphatic rings. The SMILES string of the molecule is CC(C)c1cc(-c2ccc3ccccc3c2)cc(C(C)C)c1CC(=O)N=S(N)(=O)c1ncc(C(C)(C)O)s1. The molecule has 1 atom stereocenters. The van der Waals surface area contributed by atoms with Crippen molar-refractivity contribution in [1.29, 1.82) is 0 Å². The van der Waals surface area contributed by atoms with E-state index in [0.717, 1.165) is 39.2 Å². The van der Waals surface area contributed by atoms with Crippen LogP contribution < -0.4 is 5.14 Å². The minimum atomic E-state index is -3.54. The van der Waals surface area contributed by atoms with E-state index in [4.69, 9.17) is 5.14 Å². The lowest BCUT2D eigenvalue weighted by Gasteiger charge is -2.21. The van der Waals surface area contributed by atoms with Gasteiger partial charge in [-0.05, 0) is 70.3 Å². The van der Waals surface area contributed by atoms with E-state index in [1.165, 1.54) is 17.0 Å². The maximum atomic E-state index is 13.2. The molecule has 200 valence electrons. The Hall–Kier alpha value is -2.91. The monoisotopic (exact) mass is 549 g/mol. The zero-order chi connectivity index (χ0) is 27.8. The molecular weight excluding hydrogens is 514 g/mol. The Morgan fingerprint density at radius 3 is 2.16 bits per heavy atom. The summed E-state index contributed by atoms with van der Waals surface area (Å²) in [5.41, 5.74) is 4.09. The first kappa shape index (κ1) is 28.1. The zero-order valence-corrected chi connectivity index (χ0v) is 24.3. The highest BCUT2D eigenvalue weighted by Crippen LogP contribution is 2.35. The third-order valence-electron chi connectivity index (χ3n) is 6.55. The third-order valence-corrected chi connectivity index (χ3v) is 9.70. The normalized spacial score (nSPS) is 13.7. The van der Waals surface area contributed by atoms with Crippen molar-refractivity contribution in [2.24, 2.45) is 9.50 Å². The van der Waals surface area contributed by atoms with Crippen molar-refractivity contribution in [3.63, 3.8) is 0 Å². The molecule has 0 aliphatic heterocycles. The molecule has 0 aliphatic carbocycles. The van der Waals surface area contributed by atoms with Gasteiger partial charge in [-0.25, -0.2) is 14.3 Å². The number of thiazole rings is 1. The van der Waals surface area contributed by atoms with Crippen LogP contribution in [0.1, 0.15) is 74.9 Å². The summed E-state index contributed by atoms with van der Waals surface area (Å²) in [5, 5.41) is 18.6. The number of carbonyl (C=O) groups excluding carboxylic acids is 1. The van der Waals surface area contributed by atoms with Gasteiger partial charge < -0.3 is 5.11 Å². The van der Waals surface area contributed by atoms with Gasteiger partial charge in [-0.15, -0.1) is 15.7 Å². The summed E-state index contributed by atoms with van der Waals surface area (Å²) >= 11 is 1.00. The van der Waals surface area contributed by atoms with Crippen LogP contribution in [0, 0.1) is 0 Å². The molecule has 1 amide bonds. The van der Waals surface area contributed by atoms with Crippen molar-refractivity contribution in [3.8, 4) is 11.1 Å². The van der Waals surface area contributed by atoms with Crippen LogP contribution in [0.25, 0.3) is 21.9 Å². The lowest BCUT2D eigenvalue weighted by atomic mass is 9.83. The topological polar surface area (TPSA) is 106 Å². The van der Waals surface area contributed by atoms with E-state index < -0.39 is 21.4 Å². The highest BCUT2D eigenvalue weighted by Gasteiger charge is 2.24. The highest BCUT2D eigenvalue weighted by atomic mass is 32.2. The summed E-state index contributed by atoms with van der Waals surface area (Å²) in [6, 6.07) is 19.0. The van der Waals surface area contributed by atoms with Gasteiger partial charge in [-0.1, -0.05) is 76.2 Å². The summed E-state index contributed by atoms with van der Waals surface area (Å²) in [5.74, 6) is -0.239. The summed E-state index contributed by atoms with van der Waals surface area (Å²) in [6.45, 7) is 11.6. The predicted octanol–water partition coefficient (Wildman–Crippen LogP) is 6.91. The smallest absolute Gasteiger partial charge is 0.259 e. The number of rotatable bonds is 7. The van der Waals surface area contributed by atoms with Crippen LogP contribution in [0.5, 0.6) is 0 Å². The minimum Gasteiger partial charge on any atom is -0.385 e. The second kappa shape index (κ2) is 10.7. The van der Waals surface area contributed by atoms with E-state index in [2.05, 4.69) is 79.5 Å². The van der Waals surface area contributed by atoms with E-state index in [1.807, 2.05) is 12.1 Å². The van der Waals surface area contributed by atoms with Crippen molar-refractivity contribution in [2.45, 2.75) is 69.7 Å². The van der Waals surface area contributed by atoms with Crippen LogP contribution in [-0.2, 0) is 26.7 Å². The third kappa shape index (κ3) is 6.04. The number of nitrogens with zero attached hydrogens (tertiary/aromatic N) is 2. The lowest BCUT2D eigenvalue weighted by Crippen LogP contribution is -2.17. The van der Waals surface area contributed by atoms with Crippen molar-refractivity contribution in [2.75, 3.05) is 0 Å². The van der Waals surface area contributed by atoms with Crippen LogP contribution >= 0.6 is 11.3 Å². The minimum absolute atomic E-state index is 0.00303. The van der Waals surface area contributed by atoms with Gasteiger partial charge in [0, 0.05) is 6.20 Å². The molecule has 0 fully saturated rings. The first-order valence-corrected chi connectivity index (χ1v) is 15.1. The molecule has 0 saturated carbocycles. The molecule has 38 heavy (non-hydrogen) atoms. The number of amides is 1. The fourth-order valence-corrected chi connectivity index (χ4v) is 6.69. The largest absolute Gasteiger partial charge is 0.385 e. The van der Waals surface area contributed by atoms with Crippen LogP contribution in [0.3, 0.4) is 0 Å². The summed E-state index contributed by atoms with van der Waals surface area (Å²) in [4.78, 5) is 17.7. The summed E-state index contributed by atoms with van der Waals surface area (Å²) in [7, 11) is -3.54. The van der Waals surface area contributed by atoms with Crippen molar-refractivity contribution in [3.05, 3.63) is 82.4 Å². The second-order valence-electron chi connectivity index (χ2n) is 10.8. The number of aliphatic hydroxyl groups is 1. The number of benzene rings is 3. The van der Waals surface area contributed by atoms with Crippen LogP contribution in [0.4, 0.5) is 0 Å². The Bertz CT molecular complexity index is 1590. The Kier molecular flexibility index (Phi) is 7.91. The fraction of sp³-hybridized carbons (Fsp3) is 0.333. The fourth-order valence-electron chi connectivity index (χ4n) is 4.54. The van der Waals surface area contributed by atoms with E-state index in [-0.39, 0.29) is 22.6 Å². The van der Waals surface area contributed by atoms with Gasteiger partial charge in [0.05, 0.1) is 16.9 Å². The molecule has 0 spiro atoms. The van der Waals surface area contributed by atoms with E-state index >= 15 is 0 Å². The molecular formula is C30H35N3O3S2. The Morgan fingerprint density at radius 2 is 1.61 bits per heavy atom. The molecule has 4 rings (SSSR count). The van der Waals surface area contributed by atoms with Crippen molar-refractivity contribution < 1.29 is 14.1 Å². The molecule has 3 aromatic carbocycles. The Morgan fingerprint density at radius 1 is 1.00 bits per heavy atom. The first-order valence-electron chi connectivity index (χ1n) is 12.7. The molecule has 8 heteroatoms. The first-order chi connectivity index (χ1) is 17.8. The molecule has 3 N–H and O–H groups in total. The number of fused-ring (bicyclic) bond motifs is 1. The molecule has 6 nitrogen and oxygen atoms in total. The van der Waals surface area contributed by atoms with Gasteiger partial charge in [0.1, 0.15) is 0 Å². The number of carbonyl (C=O) groups is 1. The average molecular weight is 550 g/mol. The van der Waals surface area contributed by atoms with E-state index in [1.54, 1.807) is 13.8 Å². The molecule has 1 heterocycles. The standard InChI is InChI=1S/C30H35N3O3S2/c1-18(2)24-14-23(22-12-11-20-9-7-8-10-21(20)13-22)15-25(19(3)4)26(24)16-28(34)33-38(31,36)29-32-17-27(37-29)30(5,6)35/h7-15,17-19,35H,16H2,1-6H3,(H2,31,33,34,36). The number of nitrogens with two attached hydrogens (primary N) is 1. The molecule has 1 aromatic heterocycles. The van der Waals surface area contributed by atoms with E-state index in [9.17, 15) is 14.1 Å². The number of hydrogen-bond donors (Lipinski definition) is 2. The lowest BCUT2D eigenvalue weighted by molar-refractivity contribution is -0.117.